The number of amides is 1. The molecule has 3 N–H and O–H groups in total. The van der Waals surface area contributed by atoms with Crippen molar-refractivity contribution < 1.29 is 4.79 Å². The van der Waals surface area contributed by atoms with E-state index >= 15 is 0 Å². The van der Waals surface area contributed by atoms with E-state index in [0.717, 1.165) is 62.7 Å². The number of anilines is 1. The lowest BCUT2D eigenvalue weighted by Gasteiger charge is -2.33. The highest BCUT2D eigenvalue weighted by atomic mass is 127. The molecule has 1 aromatic heterocycles. The molecule has 0 aliphatic carbocycles. The first-order chi connectivity index (χ1) is 13.6. The van der Waals surface area contributed by atoms with Crippen LogP contribution >= 0.6 is 24.0 Å². The summed E-state index contributed by atoms with van der Waals surface area (Å²) >= 11 is 0. The number of aromatic nitrogens is 1. The topological polar surface area (TPSA) is 86.8 Å². The van der Waals surface area contributed by atoms with Crippen molar-refractivity contribution in [1.82, 2.24) is 15.2 Å². The van der Waals surface area contributed by atoms with E-state index in [1.54, 1.807) is 6.20 Å². The van der Waals surface area contributed by atoms with Gasteiger partial charge in [0, 0.05) is 45.0 Å². The number of primary amides is 1. The van der Waals surface area contributed by atoms with Gasteiger partial charge in [0.1, 0.15) is 5.82 Å². The summed E-state index contributed by atoms with van der Waals surface area (Å²) < 4.78 is 0. The molecule has 1 aliphatic rings. The molecule has 2 rings (SSSR count). The fourth-order valence-corrected chi connectivity index (χ4v) is 3.45. The minimum absolute atomic E-state index is 0. The summed E-state index contributed by atoms with van der Waals surface area (Å²) in [5, 5.41) is 3.36. The number of halogens is 1. The van der Waals surface area contributed by atoms with E-state index in [4.69, 9.17) is 10.7 Å². The van der Waals surface area contributed by atoms with E-state index in [1.807, 2.05) is 12.1 Å². The molecule has 1 aromatic rings. The van der Waals surface area contributed by atoms with Crippen molar-refractivity contribution in [3.63, 3.8) is 0 Å². The number of unbranched alkanes of at least 4 members (excludes halogenated alkanes) is 1. The molecule has 1 atom stereocenters. The van der Waals surface area contributed by atoms with Crippen LogP contribution in [0.4, 0.5) is 5.82 Å². The highest BCUT2D eigenvalue weighted by Gasteiger charge is 2.25. The molecule has 8 heteroatoms. The lowest BCUT2D eigenvalue weighted by molar-refractivity contribution is -0.122. The van der Waals surface area contributed by atoms with E-state index in [2.05, 4.69) is 46.7 Å². The Bertz CT molecular complexity index is 681. The molecule has 1 amide bonds. The van der Waals surface area contributed by atoms with Gasteiger partial charge in [0.15, 0.2) is 5.96 Å². The number of guanidine groups is 1. The largest absolute Gasteiger partial charge is 0.369 e. The SMILES string of the molecule is C=CCCCN(C)C(=NCc1cccnc1N1CCCC(C(N)=O)C1)NCC.I. The highest BCUT2D eigenvalue weighted by molar-refractivity contribution is 14.0. The van der Waals surface area contributed by atoms with Gasteiger partial charge in [0.25, 0.3) is 0 Å². The summed E-state index contributed by atoms with van der Waals surface area (Å²) in [4.78, 5) is 25.3. The van der Waals surface area contributed by atoms with E-state index in [1.165, 1.54) is 0 Å². The number of allylic oxidation sites excluding steroid dienone is 1. The van der Waals surface area contributed by atoms with Crippen molar-refractivity contribution in [2.45, 2.75) is 39.2 Å². The molecule has 162 valence electrons. The lowest BCUT2D eigenvalue weighted by atomic mass is 9.97. The van der Waals surface area contributed by atoms with Crippen LogP contribution in [0.25, 0.3) is 0 Å². The minimum Gasteiger partial charge on any atom is -0.369 e. The third-order valence-corrected chi connectivity index (χ3v) is 4.99. The Labute approximate surface area is 191 Å². The van der Waals surface area contributed by atoms with Crippen LogP contribution in [-0.2, 0) is 11.3 Å². The van der Waals surface area contributed by atoms with Gasteiger partial charge in [-0.1, -0.05) is 12.1 Å². The van der Waals surface area contributed by atoms with Crippen molar-refractivity contribution in [2.75, 3.05) is 38.1 Å². The van der Waals surface area contributed by atoms with Gasteiger partial charge in [-0.25, -0.2) is 9.98 Å². The maximum absolute atomic E-state index is 11.6. The molecular weight excluding hydrogens is 479 g/mol. The monoisotopic (exact) mass is 514 g/mol. The Morgan fingerprint density at radius 3 is 3.03 bits per heavy atom. The summed E-state index contributed by atoms with van der Waals surface area (Å²) in [5.41, 5.74) is 6.59. The third-order valence-electron chi connectivity index (χ3n) is 4.99. The standard InChI is InChI=1S/C21H34N6O.HI/c1-4-6-7-13-26(3)21(23-5-2)25-15-17-10-8-12-24-20(17)27-14-9-11-18(16-27)19(22)28;/h4,8,10,12,18H,1,5-7,9,11,13-16H2,2-3H3,(H2,22,28)(H,23,25);1H. The van der Waals surface area contributed by atoms with E-state index in [-0.39, 0.29) is 35.8 Å². The Balaban J connectivity index is 0.00000420. The van der Waals surface area contributed by atoms with Gasteiger partial charge in [-0.3, -0.25) is 4.79 Å². The van der Waals surface area contributed by atoms with Gasteiger partial charge < -0.3 is 20.9 Å². The zero-order chi connectivity index (χ0) is 20.4. The van der Waals surface area contributed by atoms with Crippen LogP contribution in [0.1, 0.15) is 38.2 Å². The van der Waals surface area contributed by atoms with Crippen LogP contribution < -0.4 is 16.0 Å². The Kier molecular flexibility index (Phi) is 11.6. The van der Waals surface area contributed by atoms with Gasteiger partial charge in [0.05, 0.1) is 12.5 Å². The molecule has 1 fully saturated rings. The molecule has 0 saturated carbocycles. The first kappa shape index (κ1) is 25.2. The molecule has 7 nitrogen and oxygen atoms in total. The van der Waals surface area contributed by atoms with Crippen LogP contribution in [-0.4, -0.2) is 55.0 Å². The number of aliphatic imine (C=N–C) groups is 1. The maximum atomic E-state index is 11.6. The van der Waals surface area contributed by atoms with Crippen molar-refractivity contribution in [3.05, 3.63) is 36.5 Å². The zero-order valence-electron chi connectivity index (χ0n) is 17.6. The zero-order valence-corrected chi connectivity index (χ0v) is 20.0. The fraction of sp³-hybridized carbons (Fsp3) is 0.571. The number of carbonyl (C=O) groups is 1. The predicted molar refractivity (Wildman–Crippen MR) is 131 cm³/mol. The highest BCUT2D eigenvalue weighted by Crippen LogP contribution is 2.25. The van der Waals surface area contributed by atoms with Gasteiger partial charge in [-0.2, -0.15) is 0 Å². The Morgan fingerprint density at radius 2 is 2.34 bits per heavy atom. The normalized spacial score (nSPS) is 16.7. The lowest BCUT2D eigenvalue weighted by Crippen LogP contribution is -2.42. The molecular formula is C21H35IN6O. The van der Waals surface area contributed by atoms with Crippen LogP contribution in [0.3, 0.4) is 0 Å². The third kappa shape index (κ3) is 7.83. The molecule has 0 spiro atoms. The number of hydrogen-bond acceptors (Lipinski definition) is 4. The van der Waals surface area contributed by atoms with Crippen molar-refractivity contribution in [1.29, 1.82) is 0 Å². The second kappa shape index (κ2) is 13.4. The second-order valence-electron chi connectivity index (χ2n) is 7.20. The number of nitrogens with two attached hydrogens (primary N) is 1. The number of pyridine rings is 1. The summed E-state index contributed by atoms with van der Waals surface area (Å²) in [6.45, 7) is 9.64. The summed E-state index contributed by atoms with van der Waals surface area (Å²) in [5.74, 6) is 1.45. The molecule has 2 heterocycles. The first-order valence-corrected chi connectivity index (χ1v) is 10.1. The molecule has 29 heavy (non-hydrogen) atoms. The Morgan fingerprint density at radius 1 is 1.55 bits per heavy atom. The number of nitrogens with one attached hydrogen (secondary N) is 1. The average Bonchev–Trinajstić information content (AvgIpc) is 2.71. The van der Waals surface area contributed by atoms with Crippen LogP contribution in [0.2, 0.25) is 0 Å². The van der Waals surface area contributed by atoms with Crippen LogP contribution in [0.15, 0.2) is 36.0 Å². The Hall–Kier alpha value is -1.84. The van der Waals surface area contributed by atoms with E-state index in [9.17, 15) is 4.79 Å². The number of piperidine rings is 1. The summed E-state index contributed by atoms with van der Waals surface area (Å²) in [7, 11) is 2.05. The first-order valence-electron chi connectivity index (χ1n) is 10.1. The van der Waals surface area contributed by atoms with Gasteiger partial charge in [0.2, 0.25) is 5.91 Å². The second-order valence-corrected chi connectivity index (χ2v) is 7.20. The smallest absolute Gasteiger partial charge is 0.222 e. The van der Waals surface area contributed by atoms with Crippen LogP contribution in [0, 0.1) is 5.92 Å². The van der Waals surface area contributed by atoms with Gasteiger partial charge in [-0.15, -0.1) is 30.6 Å². The number of rotatable bonds is 9. The van der Waals surface area contributed by atoms with Crippen molar-refractivity contribution in [3.8, 4) is 0 Å². The number of hydrogen-bond donors (Lipinski definition) is 2. The van der Waals surface area contributed by atoms with Gasteiger partial charge >= 0.3 is 0 Å². The van der Waals surface area contributed by atoms with Crippen LogP contribution in [0.5, 0.6) is 0 Å². The van der Waals surface area contributed by atoms with Crippen molar-refractivity contribution in [2.24, 2.45) is 16.6 Å². The fourth-order valence-electron chi connectivity index (χ4n) is 3.45. The predicted octanol–water partition coefficient (Wildman–Crippen LogP) is 2.76. The molecule has 0 aromatic carbocycles. The van der Waals surface area contributed by atoms with E-state index in [0.29, 0.717) is 13.1 Å². The van der Waals surface area contributed by atoms with Crippen molar-refractivity contribution >= 4 is 41.7 Å². The number of carbonyl (C=O) groups excluding carboxylic acids is 1. The summed E-state index contributed by atoms with van der Waals surface area (Å²) in [6.07, 6.45) is 7.58. The molecule has 1 saturated heterocycles. The summed E-state index contributed by atoms with van der Waals surface area (Å²) in [6, 6.07) is 3.99. The molecule has 0 radical (unpaired) electrons. The van der Waals surface area contributed by atoms with E-state index < -0.39 is 0 Å². The van der Waals surface area contributed by atoms with Gasteiger partial charge in [-0.05, 0) is 38.7 Å². The number of nitrogens with zero attached hydrogens (tertiary/aromatic N) is 4. The minimum atomic E-state index is -0.226. The molecule has 1 unspecified atom stereocenters. The molecule has 0 bridgehead atoms. The maximum Gasteiger partial charge on any atom is 0.222 e. The quantitative estimate of drug-likeness (QED) is 0.174. The average molecular weight is 514 g/mol. The molecule has 1 aliphatic heterocycles.